The Bertz CT molecular complexity index is 301. The molecular weight excluding hydrogens is 136 g/mol. The molecule has 9 heavy (non-hydrogen) atoms. The van der Waals surface area contributed by atoms with Gasteiger partial charge in [-0.15, -0.1) is 0 Å². The molecule has 3 aliphatic rings. The zero-order valence-electron chi connectivity index (χ0n) is 4.69. The lowest BCUT2D eigenvalue weighted by Gasteiger charge is -2.21. The third-order valence-corrected chi connectivity index (χ3v) is 5.34. The number of hydrogen-bond acceptors (Lipinski definition) is 2. The van der Waals surface area contributed by atoms with Crippen LogP contribution in [-0.2, 0) is 9.84 Å². The van der Waals surface area contributed by atoms with E-state index in [0.29, 0.717) is 11.8 Å². The summed E-state index contributed by atoms with van der Waals surface area (Å²) in [4.78, 5) is 0. The van der Waals surface area contributed by atoms with Crippen LogP contribution in [0.1, 0.15) is 0 Å². The molecule has 1 aliphatic heterocycles. The van der Waals surface area contributed by atoms with E-state index in [2.05, 4.69) is 6.08 Å². The lowest BCUT2D eigenvalue weighted by atomic mass is 10.3. The molecule has 48 valence electrons. The first-order valence-corrected chi connectivity index (χ1v) is 4.75. The van der Waals surface area contributed by atoms with Crippen LogP contribution in [0.25, 0.3) is 0 Å². The molecule has 1 heterocycles. The Morgan fingerprint density at radius 1 is 1.22 bits per heavy atom. The van der Waals surface area contributed by atoms with E-state index in [1.54, 1.807) is 0 Å². The maximum Gasteiger partial charge on any atom is 0.160 e. The minimum absolute atomic E-state index is 0.0625. The second-order valence-corrected chi connectivity index (χ2v) is 5.32. The first-order chi connectivity index (χ1) is 4.23. The van der Waals surface area contributed by atoms with Gasteiger partial charge in [-0.1, -0.05) is 12.2 Å². The van der Waals surface area contributed by atoms with Crippen molar-refractivity contribution in [2.75, 3.05) is 0 Å². The van der Waals surface area contributed by atoms with Crippen LogP contribution >= 0.6 is 0 Å². The van der Waals surface area contributed by atoms with Gasteiger partial charge in [-0.2, -0.15) is 0 Å². The monoisotopic (exact) mass is 142 g/mol. The van der Waals surface area contributed by atoms with Crippen LogP contribution in [0.3, 0.4) is 0 Å². The summed E-state index contributed by atoms with van der Waals surface area (Å²) in [5.41, 5.74) is 0. The highest BCUT2D eigenvalue weighted by atomic mass is 32.2. The van der Waals surface area contributed by atoms with Crippen LogP contribution in [0, 0.1) is 11.8 Å². The highest BCUT2D eigenvalue weighted by Crippen LogP contribution is 2.64. The van der Waals surface area contributed by atoms with Crippen LogP contribution in [-0.4, -0.2) is 18.9 Å². The fourth-order valence-electron chi connectivity index (χ4n) is 2.20. The van der Waals surface area contributed by atoms with Crippen LogP contribution in [0.4, 0.5) is 0 Å². The summed E-state index contributed by atoms with van der Waals surface area (Å²) in [5.74, 6) is 0.954. The van der Waals surface area contributed by atoms with Crippen molar-refractivity contribution < 1.29 is 8.42 Å². The molecule has 0 amide bonds. The standard InChI is InChI=1S/C6H6O2S/c7-9(8)4-2-1-3-5(4)6(3)9/h1-6H. The Labute approximate surface area is 53.5 Å². The molecule has 0 bridgehead atoms. The Kier molecular flexibility index (Phi) is 0.444. The topological polar surface area (TPSA) is 34.1 Å². The molecule has 2 aliphatic carbocycles. The van der Waals surface area contributed by atoms with Gasteiger partial charge in [0, 0.05) is 5.92 Å². The Hall–Kier alpha value is -0.310. The van der Waals surface area contributed by atoms with Gasteiger partial charge in [0.15, 0.2) is 9.84 Å². The van der Waals surface area contributed by atoms with Gasteiger partial charge >= 0.3 is 0 Å². The summed E-state index contributed by atoms with van der Waals surface area (Å²) in [6, 6.07) is 0. The van der Waals surface area contributed by atoms with Crippen molar-refractivity contribution in [3.05, 3.63) is 12.2 Å². The summed E-state index contributed by atoms with van der Waals surface area (Å²) in [6.45, 7) is 0. The van der Waals surface area contributed by atoms with E-state index < -0.39 is 9.84 Å². The maximum atomic E-state index is 11.0. The SMILES string of the molecule is O=S1(=O)C2C=CC3C2C31. The van der Waals surface area contributed by atoms with E-state index >= 15 is 0 Å². The molecule has 0 spiro atoms. The van der Waals surface area contributed by atoms with Gasteiger partial charge in [-0.3, -0.25) is 0 Å². The zero-order chi connectivity index (χ0) is 6.22. The van der Waals surface area contributed by atoms with E-state index in [1.165, 1.54) is 0 Å². The Morgan fingerprint density at radius 3 is 2.22 bits per heavy atom. The number of fused-ring (bicyclic) bond motifs is 1. The minimum atomic E-state index is -2.61. The van der Waals surface area contributed by atoms with Crippen molar-refractivity contribution in [2.24, 2.45) is 11.8 Å². The first-order valence-electron chi connectivity index (χ1n) is 3.14. The van der Waals surface area contributed by atoms with E-state index in [1.807, 2.05) is 6.08 Å². The molecule has 0 N–H and O–H groups in total. The normalized spacial score (nSPS) is 62.7. The number of hydrogen-bond donors (Lipinski definition) is 0. The molecular formula is C6H6O2S. The van der Waals surface area contributed by atoms with E-state index in [-0.39, 0.29) is 10.5 Å². The summed E-state index contributed by atoms with van der Waals surface area (Å²) >= 11 is 0. The van der Waals surface area contributed by atoms with Crippen molar-refractivity contribution in [3.8, 4) is 0 Å². The van der Waals surface area contributed by atoms with Gasteiger partial charge in [-0.05, 0) is 5.92 Å². The lowest BCUT2D eigenvalue weighted by Crippen LogP contribution is -2.37. The van der Waals surface area contributed by atoms with Crippen LogP contribution < -0.4 is 0 Å². The molecule has 4 unspecified atom stereocenters. The van der Waals surface area contributed by atoms with E-state index in [0.717, 1.165) is 0 Å². The molecule has 0 aromatic heterocycles. The second-order valence-electron chi connectivity index (χ2n) is 3.06. The molecule has 3 heteroatoms. The fourth-order valence-corrected chi connectivity index (χ4v) is 4.79. The van der Waals surface area contributed by atoms with Crippen molar-refractivity contribution in [2.45, 2.75) is 10.5 Å². The summed E-state index contributed by atoms with van der Waals surface area (Å²) < 4.78 is 22.0. The number of rotatable bonds is 0. The van der Waals surface area contributed by atoms with Crippen molar-refractivity contribution >= 4 is 9.84 Å². The zero-order valence-corrected chi connectivity index (χ0v) is 5.51. The average Bonchev–Trinajstić information content (AvgIpc) is 2.32. The highest BCUT2D eigenvalue weighted by molar-refractivity contribution is 7.95. The smallest absolute Gasteiger partial charge is 0.160 e. The molecule has 0 radical (unpaired) electrons. The van der Waals surface area contributed by atoms with Crippen molar-refractivity contribution in [1.29, 1.82) is 0 Å². The van der Waals surface area contributed by atoms with Crippen LogP contribution in [0.5, 0.6) is 0 Å². The van der Waals surface area contributed by atoms with Gasteiger partial charge < -0.3 is 0 Å². The van der Waals surface area contributed by atoms with Crippen molar-refractivity contribution in [1.82, 2.24) is 0 Å². The predicted molar refractivity (Wildman–Crippen MR) is 32.6 cm³/mol. The minimum Gasteiger partial charge on any atom is -0.228 e. The summed E-state index contributed by atoms with van der Waals surface area (Å²) in [7, 11) is -2.61. The lowest BCUT2D eigenvalue weighted by molar-refractivity contribution is 0.561. The van der Waals surface area contributed by atoms with E-state index in [4.69, 9.17) is 0 Å². The van der Waals surface area contributed by atoms with Crippen LogP contribution in [0.2, 0.25) is 0 Å². The summed E-state index contributed by atoms with van der Waals surface area (Å²) in [5, 5.41) is -0.000000000000000444. The quantitative estimate of drug-likeness (QED) is 0.445. The Balaban J connectivity index is 2.31. The number of sulfone groups is 1. The summed E-state index contributed by atoms with van der Waals surface area (Å²) in [6.07, 6.45) is 3.91. The van der Waals surface area contributed by atoms with Gasteiger partial charge in [-0.25, -0.2) is 8.42 Å². The van der Waals surface area contributed by atoms with Gasteiger partial charge in [0.25, 0.3) is 0 Å². The molecule has 0 aromatic carbocycles. The predicted octanol–water partition coefficient (Wildman–Crippen LogP) is -0.0322. The number of allylic oxidation sites excluding steroid dienone is 1. The van der Waals surface area contributed by atoms with Gasteiger partial charge in [0.1, 0.15) is 0 Å². The third-order valence-electron chi connectivity index (χ3n) is 2.72. The fraction of sp³-hybridized carbons (Fsp3) is 0.667. The molecule has 3 rings (SSSR count). The first kappa shape index (κ1) is 4.50. The van der Waals surface area contributed by atoms with E-state index in [9.17, 15) is 8.42 Å². The third kappa shape index (κ3) is 0.264. The molecule has 2 nitrogen and oxygen atoms in total. The molecule has 0 aromatic rings. The van der Waals surface area contributed by atoms with Gasteiger partial charge in [0.05, 0.1) is 10.5 Å². The molecule has 1 saturated heterocycles. The maximum absolute atomic E-state index is 11.0. The Morgan fingerprint density at radius 2 is 2.00 bits per heavy atom. The second kappa shape index (κ2) is 0.888. The molecule has 1 saturated carbocycles. The van der Waals surface area contributed by atoms with Gasteiger partial charge in [0.2, 0.25) is 0 Å². The molecule has 4 atom stereocenters. The van der Waals surface area contributed by atoms with Crippen molar-refractivity contribution in [3.63, 3.8) is 0 Å². The molecule has 2 fully saturated rings. The largest absolute Gasteiger partial charge is 0.228 e. The van der Waals surface area contributed by atoms with Crippen LogP contribution in [0.15, 0.2) is 12.2 Å². The highest BCUT2D eigenvalue weighted by Gasteiger charge is 2.75. The average molecular weight is 142 g/mol.